The van der Waals surface area contributed by atoms with Crippen LogP contribution >= 0.6 is 11.8 Å². The van der Waals surface area contributed by atoms with E-state index in [0.717, 1.165) is 28.9 Å². The van der Waals surface area contributed by atoms with Crippen LogP contribution in [0.3, 0.4) is 0 Å². The van der Waals surface area contributed by atoms with Crippen molar-refractivity contribution in [1.29, 1.82) is 0 Å². The lowest BCUT2D eigenvalue weighted by Gasteiger charge is -2.28. The van der Waals surface area contributed by atoms with Crippen LogP contribution in [-0.4, -0.2) is 30.1 Å². The standard InChI is InChI=1S/C20H29NO2S/c1-14-5-3-4-6-19(14)23-9-10-24-13-20(22)21-15(2)18-12-16-7-8-17(18)11-16/h3-6,15-18H,7-13H2,1-2H3,(H,21,22). The summed E-state index contributed by atoms with van der Waals surface area (Å²) < 4.78 is 5.76. The van der Waals surface area contributed by atoms with Crippen LogP contribution in [0.15, 0.2) is 24.3 Å². The Morgan fingerprint density at radius 1 is 1.33 bits per heavy atom. The van der Waals surface area contributed by atoms with Crippen LogP contribution in [0.4, 0.5) is 0 Å². The van der Waals surface area contributed by atoms with Crippen LogP contribution < -0.4 is 10.1 Å². The Bertz CT molecular complexity index is 562. The maximum atomic E-state index is 12.1. The molecule has 24 heavy (non-hydrogen) atoms. The molecule has 2 saturated carbocycles. The number of hydrogen-bond acceptors (Lipinski definition) is 3. The molecule has 2 aliphatic carbocycles. The summed E-state index contributed by atoms with van der Waals surface area (Å²) in [5, 5.41) is 3.22. The first kappa shape index (κ1) is 17.7. The number of para-hydroxylation sites is 1. The van der Waals surface area contributed by atoms with E-state index in [4.69, 9.17) is 4.74 Å². The Labute approximate surface area is 149 Å². The normalized spacial score (nSPS) is 26.3. The number of fused-ring (bicyclic) bond motifs is 2. The van der Waals surface area contributed by atoms with Crippen molar-refractivity contribution < 1.29 is 9.53 Å². The molecule has 0 aliphatic heterocycles. The third kappa shape index (κ3) is 4.47. The molecule has 4 heteroatoms. The van der Waals surface area contributed by atoms with E-state index in [-0.39, 0.29) is 5.91 Å². The molecule has 4 unspecified atom stereocenters. The predicted octanol–water partition coefficient (Wildman–Crippen LogP) is 4.05. The van der Waals surface area contributed by atoms with E-state index in [1.807, 2.05) is 31.2 Å². The summed E-state index contributed by atoms with van der Waals surface area (Å²) in [6.45, 7) is 4.88. The van der Waals surface area contributed by atoms with Gasteiger partial charge in [-0.3, -0.25) is 4.79 Å². The van der Waals surface area contributed by atoms with Crippen molar-refractivity contribution >= 4 is 17.7 Å². The van der Waals surface area contributed by atoms with Gasteiger partial charge in [0.15, 0.2) is 0 Å². The average molecular weight is 348 g/mol. The minimum absolute atomic E-state index is 0.172. The minimum atomic E-state index is 0.172. The van der Waals surface area contributed by atoms with E-state index in [1.165, 1.54) is 25.7 Å². The summed E-state index contributed by atoms with van der Waals surface area (Å²) in [6, 6.07) is 8.37. The molecular formula is C20H29NO2S. The van der Waals surface area contributed by atoms with Crippen LogP contribution in [-0.2, 0) is 4.79 Å². The fourth-order valence-corrected chi connectivity index (χ4v) is 5.02. The molecule has 3 rings (SSSR count). The van der Waals surface area contributed by atoms with Crippen LogP contribution in [0.1, 0.15) is 38.2 Å². The number of hydrogen-bond donors (Lipinski definition) is 1. The minimum Gasteiger partial charge on any atom is -0.492 e. The maximum Gasteiger partial charge on any atom is 0.230 e. The summed E-state index contributed by atoms with van der Waals surface area (Å²) in [7, 11) is 0. The monoisotopic (exact) mass is 347 g/mol. The molecular weight excluding hydrogens is 318 g/mol. The number of nitrogens with one attached hydrogen (secondary N) is 1. The Morgan fingerprint density at radius 2 is 2.17 bits per heavy atom. The van der Waals surface area contributed by atoms with E-state index < -0.39 is 0 Å². The molecule has 0 heterocycles. The molecule has 2 fully saturated rings. The molecule has 1 amide bonds. The molecule has 2 bridgehead atoms. The summed E-state index contributed by atoms with van der Waals surface area (Å²) in [4.78, 5) is 12.1. The molecule has 1 aromatic carbocycles. The van der Waals surface area contributed by atoms with Gasteiger partial charge in [-0.25, -0.2) is 0 Å². The highest BCUT2D eigenvalue weighted by Gasteiger charge is 2.42. The first-order valence-corrected chi connectivity index (χ1v) is 10.3. The van der Waals surface area contributed by atoms with Crippen molar-refractivity contribution in [2.75, 3.05) is 18.1 Å². The number of carbonyl (C=O) groups is 1. The largest absolute Gasteiger partial charge is 0.492 e. The quantitative estimate of drug-likeness (QED) is 0.721. The van der Waals surface area contributed by atoms with Gasteiger partial charge in [0.2, 0.25) is 5.91 Å². The lowest BCUT2D eigenvalue weighted by Crippen LogP contribution is -2.41. The molecule has 0 spiro atoms. The van der Waals surface area contributed by atoms with E-state index >= 15 is 0 Å². The van der Waals surface area contributed by atoms with E-state index in [9.17, 15) is 4.79 Å². The predicted molar refractivity (Wildman–Crippen MR) is 101 cm³/mol. The van der Waals surface area contributed by atoms with Crippen molar-refractivity contribution in [3.8, 4) is 5.75 Å². The van der Waals surface area contributed by atoms with E-state index in [2.05, 4.69) is 12.2 Å². The highest BCUT2D eigenvalue weighted by atomic mass is 32.2. The van der Waals surface area contributed by atoms with Crippen LogP contribution in [0.2, 0.25) is 0 Å². The second-order valence-corrected chi connectivity index (χ2v) is 8.47. The van der Waals surface area contributed by atoms with Gasteiger partial charge in [-0.05, 0) is 62.5 Å². The summed E-state index contributed by atoms with van der Waals surface area (Å²) >= 11 is 1.65. The van der Waals surface area contributed by atoms with Gasteiger partial charge in [0.05, 0.1) is 12.4 Å². The number of amides is 1. The molecule has 132 valence electrons. The van der Waals surface area contributed by atoms with E-state index in [1.54, 1.807) is 11.8 Å². The van der Waals surface area contributed by atoms with Crippen molar-refractivity contribution in [3.05, 3.63) is 29.8 Å². The van der Waals surface area contributed by atoms with Crippen molar-refractivity contribution in [2.45, 2.75) is 45.6 Å². The molecule has 1 aromatic rings. The number of ether oxygens (including phenoxy) is 1. The highest BCUT2D eigenvalue weighted by molar-refractivity contribution is 7.99. The number of aryl methyl sites for hydroxylation is 1. The number of benzene rings is 1. The molecule has 0 aromatic heterocycles. The summed E-state index contributed by atoms with van der Waals surface area (Å²) in [5.41, 5.74) is 1.15. The molecule has 2 aliphatic rings. The zero-order chi connectivity index (χ0) is 16.9. The molecule has 1 N–H and O–H groups in total. The smallest absolute Gasteiger partial charge is 0.230 e. The Kier molecular flexibility index (Phi) is 6.09. The number of rotatable bonds is 8. The van der Waals surface area contributed by atoms with Crippen molar-refractivity contribution in [2.24, 2.45) is 17.8 Å². The van der Waals surface area contributed by atoms with Gasteiger partial charge < -0.3 is 10.1 Å². The fourth-order valence-electron chi connectivity index (χ4n) is 4.40. The topological polar surface area (TPSA) is 38.3 Å². The van der Waals surface area contributed by atoms with Gasteiger partial charge in [-0.1, -0.05) is 24.6 Å². The van der Waals surface area contributed by atoms with Crippen LogP contribution in [0, 0.1) is 24.7 Å². The SMILES string of the molecule is Cc1ccccc1OCCSCC(=O)NC(C)C1CC2CCC1C2. The second-order valence-electron chi connectivity index (χ2n) is 7.36. The second kappa shape index (κ2) is 8.28. The van der Waals surface area contributed by atoms with Gasteiger partial charge in [-0.2, -0.15) is 0 Å². The van der Waals surface area contributed by atoms with Crippen LogP contribution in [0.25, 0.3) is 0 Å². The molecule has 0 saturated heterocycles. The highest BCUT2D eigenvalue weighted by Crippen LogP contribution is 2.49. The Morgan fingerprint density at radius 3 is 2.88 bits per heavy atom. The summed E-state index contributed by atoms with van der Waals surface area (Å²) in [5.74, 6) is 4.99. The zero-order valence-corrected chi connectivity index (χ0v) is 15.6. The lowest BCUT2D eigenvalue weighted by atomic mass is 9.84. The Balaban J connectivity index is 1.29. The zero-order valence-electron chi connectivity index (χ0n) is 14.8. The van der Waals surface area contributed by atoms with Crippen LogP contribution in [0.5, 0.6) is 5.75 Å². The third-order valence-corrected chi connectivity index (χ3v) is 6.56. The number of thioether (sulfide) groups is 1. The first-order chi connectivity index (χ1) is 11.6. The van der Waals surface area contributed by atoms with Crippen molar-refractivity contribution in [3.63, 3.8) is 0 Å². The van der Waals surface area contributed by atoms with Gasteiger partial charge in [-0.15, -0.1) is 11.8 Å². The third-order valence-electron chi connectivity index (χ3n) is 5.64. The van der Waals surface area contributed by atoms with Crippen molar-refractivity contribution in [1.82, 2.24) is 5.32 Å². The van der Waals surface area contributed by atoms with Gasteiger partial charge in [0.1, 0.15) is 5.75 Å². The summed E-state index contributed by atoms with van der Waals surface area (Å²) in [6.07, 6.45) is 5.51. The average Bonchev–Trinajstić information content (AvgIpc) is 3.19. The molecule has 0 radical (unpaired) electrons. The lowest BCUT2D eigenvalue weighted by molar-refractivity contribution is -0.119. The maximum absolute atomic E-state index is 12.1. The Hall–Kier alpha value is -1.16. The molecule has 3 nitrogen and oxygen atoms in total. The van der Waals surface area contributed by atoms with Gasteiger partial charge in [0, 0.05) is 11.8 Å². The number of carbonyl (C=O) groups excluding carboxylic acids is 1. The molecule has 4 atom stereocenters. The first-order valence-electron chi connectivity index (χ1n) is 9.19. The van der Waals surface area contributed by atoms with E-state index in [0.29, 0.717) is 24.3 Å². The fraction of sp³-hybridized carbons (Fsp3) is 0.650. The van der Waals surface area contributed by atoms with Gasteiger partial charge >= 0.3 is 0 Å². The van der Waals surface area contributed by atoms with Gasteiger partial charge in [0.25, 0.3) is 0 Å².